The monoisotopic (exact) mass is 349 g/mol. The van der Waals surface area contributed by atoms with Crippen molar-refractivity contribution in [2.45, 2.75) is 13.5 Å². The highest BCUT2D eigenvalue weighted by atomic mass is 32.2. The van der Waals surface area contributed by atoms with E-state index in [1.165, 1.54) is 28.1 Å². The maximum atomic E-state index is 12.4. The van der Waals surface area contributed by atoms with Crippen LogP contribution in [0.4, 0.5) is 5.69 Å². The molecule has 0 fully saturated rings. The molecule has 8 heteroatoms. The molecule has 0 saturated carbocycles. The summed E-state index contributed by atoms with van der Waals surface area (Å²) in [5.41, 5.74) is 1.06. The van der Waals surface area contributed by atoms with Crippen LogP contribution in [0, 0.1) is 0 Å². The van der Waals surface area contributed by atoms with Crippen molar-refractivity contribution in [3.8, 4) is 10.8 Å². The first-order valence-electron chi connectivity index (χ1n) is 6.99. The fourth-order valence-electron chi connectivity index (χ4n) is 2.05. The van der Waals surface area contributed by atoms with Gasteiger partial charge in [-0.1, -0.05) is 6.07 Å². The Morgan fingerprint density at radius 1 is 1.30 bits per heavy atom. The van der Waals surface area contributed by atoms with Crippen LogP contribution in [0.5, 0.6) is 0 Å². The van der Waals surface area contributed by atoms with Gasteiger partial charge in [0.2, 0.25) is 15.9 Å². The Labute approximate surface area is 138 Å². The van der Waals surface area contributed by atoms with E-state index in [1.807, 2.05) is 17.5 Å². The summed E-state index contributed by atoms with van der Waals surface area (Å²) in [6.07, 6.45) is 4.61. The van der Waals surface area contributed by atoms with Gasteiger partial charge in [-0.15, -0.1) is 11.3 Å². The van der Waals surface area contributed by atoms with Gasteiger partial charge in [0, 0.05) is 6.20 Å². The first kappa shape index (κ1) is 15.7. The second-order valence-corrected chi connectivity index (χ2v) is 7.87. The van der Waals surface area contributed by atoms with Crippen LogP contribution in [-0.2, 0) is 16.6 Å². The summed E-state index contributed by atoms with van der Waals surface area (Å²) < 4.78 is 31.5. The summed E-state index contributed by atoms with van der Waals surface area (Å²) in [6.45, 7) is 1.72. The van der Waals surface area contributed by atoms with Gasteiger partial charge in [-0.2, -0.15) is 0 Å². The lowest BCUT2D eigenvalue weighted by atomic mass is 10.4. The number of rotatable bonds is 6. The highest BCUT2D eigenvalue weighted by Gasteiger charge is 2.22. The topological polar surface area (TPSA) is 76.3 Å². The third kappa shape index (κ3) is 3.43. The van der Waals surface area contributed by atoms with Crippen LogP contribution in [0.3, 0.4) is 0 Å². The van der Waals surface area contributed by atoms with Crippen molar-refractivity contribution in [2.24, 2.45) is 0 Å². The number of oxazole rings is 1. The standard InChI is InChI=1S/C15H15N3O3S2/c1-2-23(19,20)18(13-5-3-7-16-9-13)10-12-11-21-15(17-12)14-6-4-8-22-14/h3-9,11H,2,10H2,1H3. The van der Waals surface area contributed by atoms with E-state index in [0.29, 0.717) is 17.3 Å². The van der Waals surface area contributed by atoms with Gasteiger partial charge >= 0.3 is 0 Å². The third-order valence-corrected chi connectivity index (χ3v) is 5.82. The van der Waals surface area contributed by atoms with Crippen molar-refractivity contribution in [3.05, 3.63) is 54.0 Å². The summed E-state index contributed by atoms with van der Waals surface area (Å²) in [5.74, 6) is 0.493. The maximum absolute atomic E-state index is 12.4. The van der Waals surface area contributed by atoms with E-state index < -0.39 is 10.0 Å². The number of hydrogen-bond acceptors (Lipinski definition) is 6. The first-order chi connectivity index (χ1) is 11.1. The molecule has 3 aromatic rings. The molecule has 3 rings (SSSR count). The van der Waals surface area contributed by atoms with Crippen LogP contribution < -0.4 is 4.31 Å². The van der Waals surface area contributed by atoms with E-state index in [0.717, 1.165) is 4.88 Å². The molecule has 6 nitrogen and oxygen atoms in total. The fourth-order valence-corrected chi connectivity index (χ4v) is 3.77. The van der Waals surface area contributed by atoms with Crippen LogP contribution in [-0.4, -0.2) is 24.1 Å². The van der Waals surface area contributed by atoms with Gasteiger partial charge in [0.1, 0.15) is 12.0 Å². The zero-order valence-corrected chi connectivity index (χ0v) is 14.0. The molecule has 0 aliphatic heterocycles. The lowest BCUT2D eigenvalue weighted by molar-refractivity contribution is 0.573. The molecule has 0 radical (unpaired) electrons. The Hall–Kier alpha value is -2.19. The number of nitrogens with zero attached hydrogens (tertiary/aromatic N) is 3. The van der Waals surface area contributed by atoms with Crippen molar-refractivity contribution in [1.29, 1.82) is 0 Å². The largest absolute Gasteiger partial charge is 0.443 e. The smallest absolute Gasteiger partial charge is 0.236 e. The fraction of sp³-hybridized carbons (Fsp3) is 0.200. The molecule has 0 aliphatic rings. The minimum absolute atomic E-state index is 0.00245. The van der Waals surface area contributed by atoms with E-state index in [1.54, 1.807) is 25.3 Å². The molecule has 0 unspecified atom stereocenters. The molecule has 0 atom stereocenters. The maximum Gasteiger partial charge on any atom is 0.236 e. The lowest BCUT2D eigenvalue weighted by Crippen LogP contribution is -2.32. The molecule has 0 bridgehead atoms. The number of hydrogen-bond donors (Lipinski definition) is 0. The minimum Gasteiger partial charge on any atom is -0.443 e. The zero-order chi connectivity index (χ0) is 16.3. The van der Waals surface area contributed by atoms with Crippen molar-refractivity contribution in [1.82, 2.24) is 9.97 Å². The van der Waals surface area contributed by atoms with E-state index in [4.69, 9.17) is 4.42 Å². The van der Waals surface area contributed by atoms with Crippen LogP contribution in [0.1, 0.15) is 12.6 Å². The van der Waals surface area contributed by atoms with Gasteiger partial charge in [0.15, 0.2) is 0 Å². The summed E-state index contributed by atoms with van der Waals surface area (Å²) in [6, 6.07) is 7.23. The van der Waals surface area contributed by atoms with E-state index in [2.05, 4.69) is 9.97 Å². The van der Waals surface area contributed by atoms with Crippen LogP contribution >= 0.6 is 11.3 Å². The molecule has 0 amide bonds. The van der Waals surface area contributed by atoms with E-state index in [9.17, 15) is 8.42 Å². The number of anilines is 1. The second-order valence-electron chi connectivity index (χ2n) is 4.74. The molecule has 0 N–H and O–H groups in total. The molecule has 3 heterocycles. The van der Waals surface area contributed by atoms with Gasteiger partial charge in [0.25, 0.3) is 0 Å². The van der Waals surface area contributed by atoms with Gasteiger partial charge in [-0.05, 0) is 30.5 Å². The van der Waals surface area contributed by atoms with Gasteiger partial charge in [0.05, 0.1) is 29.1 Å². The minimum atomic E-state index is -3.44. The van der Waals surface area contributed by atoms with Crippen molar-refractivity contribution >= 4 is 27.0 Å². The quantitative estimate of drug-likeness (QED) is 0.683. The Kier molecular flexibility index (Phi) is 4.44. The zero-order valence-electron chi connectivity index (χ0n) is 12.4. The average Bonchev–Trinajstić information content (AvgIpc) is 3.24. The van der Waals surface area contributed by atoms with Gasteiger partial charge < -0.3 is 4.42 Å². The van der Waals surface area contributed by atoms with Crippen molar-refractivity contribution in [2.75, 3.05) is 10.1 Å². The van der Waals surface area contributed by atoms with E-state index >= 15 is 0 Å². The summed E-state index contributed by atoms with van der Waals surface area (Å²) in [5, 5.41) is 1.93. The van der Waals surface area contributed by atoms with Crippen molar-refractivity contribution < 1.29 is 12.8 Å². The van der Waals surface area contributed by atoms with Gasteiger partial charge in [-0.3, -0.25) is 9.29 Å². The predicted molar refractivity (Wildman–Crippen MR) is 89.7 cm³/mol. The Morgan fingerprint density at radius 2 is 2.17 bits per heavy atom. The molecule has 0 aliphatic carbocycles. The van der Waals surface area contributed by atoms with Crippen LogP contribution in [0.15, 0.2) is 52.7 Å². The van der Waals surface area contributed by atoms with Crippen LogP contribution in [0.2, 0.25) is 0 Å². The molecular formula is C15H15N3O3S2. The normalized spacial score (nSPS) is 11.5. The molecule has 0 saturated heterocycles. The Balaban J connectivity index is 1.90. The molecule has 0 aromatic carbocycles. The van der Waals surface area contributed by atoms with Crippen molar-refractivity contribution in [3.63, 3.8) is 0 Å². The SMILES string of the molecule is CCS(=O)(=O)N(Cc1coc(-c2cccs2)n1)c1cccnc1. The Bertz CT molecular complexity index is 859. The number of sulfonamides is 1. The molecular weight excluding hydrogens is 334 g/mol. The molecule has 23 heavy (non-hydrogen) atoms. The van der Waals surface area contributed by atoms with E-state index in [-0.39, 0.29) is 12.3 Å². The Morgan fingerprint density at radius 3 is 2.83 bits per heavy atom. The molecule has 3 aromatic heterocycles. The third-order valence-electron chi connectivity index (χ3n) is 3.22. The van der Waals surface area contributed by atoms with Gasteiger partial charge in [-0.25, -0.2) is 13.4 Å². The van der Waals surface area contributed by atoms with Crippen LogP contribution in [0.25, 0.3) is 10.8 Å². The highest BCUT2D eigenvalue weighted by molar-refractivity contribution is 7.92. The number of aromatic nitrogens is 2. The first-order valence-corrected chi connectivity index (χ1v) is 9.48. The summed E-state index contributed by atoms with van der Waals surface area (Å²) >= 11 is 1.52. The highest BCUT2D eigenvalue weighted by Crippen LogP contribution is 2.25. The number of thiophene rings is 1. The second kappa shape index (κ2) is 6.51. The predicted octanol–water partition coefficient (Wildman–Crippen LogP) is 3.15. The average molecular weight is 349 g/mol. The lowest BCUT2D eigenvalue weighted by Gasteiger charge is -2.22. The number of pyridine rings is 1. The summed E-state index contributed by atoms with van der Waals surface area (Å²) in [7, 11) is -3.44. The molecule has 120 valence electrons. The summed E-state index contributed by atoms with van der Waals surface area (Å²) in [4.78, 5) is 9.28. The molecule has 0 spiro atoms.